The van der Waals surface area contributed by atoms with Crippen LogP contribution in [-0.2, 0) is 6.61 Å². The molecule has 4 heteroatoms. The van der Waals surface area contributed by atoms with E-state index in [1.807, 2.05) is 30.3 Å². The Morgan fingerprint density at radius 2 is 1.90 bits per heavy atom. The molecule has 0 aliphatic rings. The van der Waals surface area contributed by atoms with Crippen LogP contribution in [0.4, 0.5) is 0 Å². The SMILES string of the molecule is O=c1c(Cl)coc2cc(OCc3ccccc3)ccc12. The summed E-state index contributed by atoms with van der Waals surface area (Å²) in [6.45, 7) is 0.462. The molecule has 0 saturated heterocycles. The molecule has 0 aliphatic heterocycles. The predicted molar refractivity (Wildman–Crippen MR) is 78.3 cm³/mol. The van der Waals surface area contributed by atoms with Crippen LogP contribution in [0.2, 0.25) is 5.02 Å². The number of rotatable bonds is 3. The summed E-state index contributed by atoms with van der Waals surface area (Å²) >= 11 is 5.73. The van der Waals surface area contributed by atoms with Crippen LogP contribution in [0.1, 0.15) is 5.56 Å². The van der Waals surface area contributed by atoms with E-state index >= 15 is 0 Å². The molecule has 1 heterocycles. The van der Waals surface area contributed by atoms with Gasteiger partial charge in [0.1, 0.15) is 29.2 Å². The lowest BCUT2D eigenvalue weighted by molar-refractivity contribution is 0.306. The Labute approximate surface area is 120 Å². The molecule has 20 heavy (non-hydrogen) atoms. The third-order valence-corrected chi connectivity index (χ3v) is 3.21. The second-order valence-electron chi connectivity index (χ2n) is 4.35. The van der Waals surface area contributed by atoms with Crippen LogP contribution in [0.15, 0.2) is 64.0 Å². The lowest BCUT2D eigenvalue weighted by atomic mass is 10.2. The largest absolute Gasteiger partial charge is 0.489 e. The average Bonchev–Trinajstić information content (AvgIpc) is 2.50. The van der Waals surface area contributed by atoms with E-state index in [9.17, 15) is 4.79 Å². The summed E-state index contributed by atoms with van der Waals surface area (Å²) in [5.74, 6) is 0.645. The first-order valence-electron chi connectivity index (χ1n) is 6.12. The first-order chi connectivity index (χ1) is 9.74. The van der Waals surface area contributed by atoms with Crippen LogP contribution in [0.25, 0.3) is 11.0 Å². The first kappa shape index (κ1) is 12.8. The van der Waals surface area contributed by atoms with Crippen LogP contribution >= 0.6 is 11.6 Å². The topological polar surface area (TPSA) is 39.4 Å². The molecule has 0 amide bonds. The van der Waals surface area contributed by atoms with E-state index in [2.05, 4.69) is 0 Å². The lowest BCUT2D eigenvalue weighted by Crippen LogP contribution is -2.01. The minimum Gasteiger partial charge on any atom is -0.489 e. The minimum absolute atomic E-state index is 0.0791. The van der Waals surface area contributed by atoms with Gasteiger partial charge in [-0.25, -0.2) is 0 Å². The Kier molecular flexibility index (Phi) is 3.44. The van der Waals surface area contributed by atoms with Crippen molar-refractivity contribution in [1.82, 2.24) is 0 Å². The summed E-state index contributed by atoms with van der Waals surface area (Å²) in [6.07, 6.45) is 1.24. The van der Waals surface area contributed by atoms with E-state index in [0.29, 0.717) is 23.3 Å². The van der Waals surface area contributed by atoms with Gasteiger partial charge in [0, 0.05) is 6.07 Å². The molecule has 3 aromatic rings. The molecule has 0 aliphatic carbocycles. The number of benzene rings is 2. The molecule has 0 radical (unpaired) electrons. The summed E-state index contributed by atoms with van der Waals surface area (Å²) in [6, 6.07) is 14.9. The fourth-order valence-corrected chi connectivity index (χ4v) is 2.06. The highest BCUT2D eigenvalue weighted by atomic mass is 35.5. The normalized spacial score (nSPS) is 10.7. The first-order valence-corrected chi connectivity index (χ1v) is 6.49. The van der Waals surface area contributed by atoms with Gasteiger partial charge in [0.2, 0.25) is 5.43 Å². The maximum atomic E-state index is 11.8. The molecule has 0 fully saturated rings. The van der Waals surface area contributed by atoms with Crippen molar-refractivity contribution >= 4 is 22.6 Å². The van der Waals surface area contributed by atoms with Crippen molar-refractivity contribution in [2.75, 3.05) is 0 Å². The van der Waals surface area contributed by atoms with Gasteiger partial charge in [-0.1, -0.05) is 41.9 Å². The molecule has 1 aromatic heterocycles. The van der Waals surface area contributed by atoms with E-state index in [1.54, 1.807) is 18.2 Å². The summed E-state index contributed by atoms with van der Waals surface area (Å²) in [5, 5.41) is 0.528. The molecule has 0 unspecified atom stereocenters. The second-order valence-corrected chi connectivity index (χ2v) is 4.75. The molecule has 3 nitrogen and oxygen atoms in total. The third kappa shape index (κ3) is 2.53. The summed E-state index contributed by atoms with van der Waals surface area (Å²) in [5.41, 5.74) is 1.30. The van der Waals surface area contributed by atoms with Gasteiger partial charge in [-0.05, 0) is 17.7 Å². The molecule has 3 rings (SSSR count). The van der Waals surface area contributed by atoms with E-state index in [-0.39, 0.29) is 10.5 Å². The Hall–Kier alpha value is -2.26. The van der Waals surface area contributed by atoms with Gasteiger partial charge in [-0.3, -0.25) is 4.79 Å². The van der Waals surface area contributed by atoms with E-state index in [0.717, 1.165) is 5.56 Å². The van der Waals surface area contributed by atoms with Crippen molar-refractivity contribution in [1.29, 1.82) is 0 Å². The van der Waals surface area contributed by atoms with Crippen LogP contribution in [0.3, 0.4) is 0 Å². The zero-order valence-electron chi connectivity index (χ0n) is 10.5. The summed E-state index contributed by atoms with van der Waals surface area (Å²) < 4.78 is 11.0. The number of halogens is 1. The van der Waals surface area contributed by atoms with Crippen LogP contribution in [0, 0.1) is 0 Å². The minimum atomic E-state index is -0.234. The summed E-state index contributed by atoms with van der Waals surface area (Å²) in [7, 11) is 0. The summed E-state index contributed by atoms with van der Waals surface area (Å²) in [4.78, 5) is 11.8. The van der Waals surface area contributed by atoms with Crippen LogP contribution < -0.4 is 10.2 Å². The number of hydrogen-bond acceptors (Lipinski definition) is 3. The highest BCUT2D eigenvalue weighted by molar-refractivity contribution is 6.30. The Balaban J connectivity index is 1.87. The van der Waals surface area contributed by atoms with Crippen molar-refractivity contribution in [2.45, 2.75) is 6.61 Å². The van der Waals surface area contributed by atoms with Crippen LogP contribution in [0.5, 0.6) is 5.75 Å². The van der Waals surface area contributed by atoms with Gasteiger partial charge in [0.15, 0.2) is 0 Å². The molecular weight excluding hydrogens is 276 g/mol. The maximum absolute atomic E-state index is 11.8. The van der Waals surface area contributed by atoms with Gasteiger partial charge in [0.25, 0.3) is 0 Å². The number of ether oxygens (including phenoxy) is 1. The molecule has 0 N–H and O–H groups in total. The second kappa shape index (κ2) is 5.39. The Bertz CT molecular complexity index is 794. The van der Waals surface area contributed by atoms with Gasteiger partial charge in [-0.15, -0.1) is 0 Å². The lowest BCUT2D eigenvalue weighted by Gasteiger charge is -2.06. The van der Waals surface area contributed by atoms with Gasteiger partial charge < -0.3 is 9.15 Å². The third-order valence-electron chi connectivity index (χ3n) is 2.95. The van der Waals surface area contributed by atoms with E-state index in [1.165, 1.54) is 6.26 Å². The maximum Gasteiger partial charge on any atom is 0.211 e. The molecule has 0 atom stereocenters. The van der Waals surface area contributed by atoms with Crippen molar-refractivity contribution < 1.29 is 9.15 Å². The van der Waals surface area contributed by atoms with Gasteiger partial charge in [-0.2, -0.15) is 0 Å². The van der Waals surface area contributed by atoms with Gasteiger partial charge in [0.05, 0.1) is 5.39 Å². The zero-order chi connectivity index (χ0) is 13.9. The van der Waals surface area contributed by atoms with Crippen molar-refractivity contribution in [3.8, 4) is 5.75 Å². The average molecular weight is 287 g/mol. The fraction of sp³-hybridized carbons (Fsp3) is 0.0625. The molecule has 0 bridgehead atoms. The number of hydrogen-bond donors (Lipinski definition) is 0. The van der Waals surface area contributed by atoms with Gasteiger partial charge >= 0.3 is 0 Å². The van der Waals surface area contributed by atoms with Crippen molar-refractivity contribution in [3.63, 3.8) is 0 Å². The smallest absolute Gasteiger partial charge is 0.211 e. The zero-order valence-corrected chi connectivity index (χ0v) is 11.3. The molecule has 0 spiro atoms. The van der Waals surface area contributed by atoms with E-state index in [4.69, 9.17) is 20.8 Å². The number of fused-ring (bicyclic) bond motifs is 1. The van der Waals surface area contributed by atoms with E-state index < -0.39 is 0 Å². The molecule has 100 valence electrons. The highest BCUT2D eigenvalue weighted by Gasteiger charge is 2.06. The van der Waals surface area contributed by atoms with Crippen LogP contribution in [-0.4, -0.2) is 0 Å². The fourth-order valence-electron chi connectivity index (χ4n) is 1.92. The monoisotopic (exact) mass is 286 g/mol. The van der Waals surface area contributed by atoms with Crippen molar-refractivity contribution in [3.05, 3.63) is 75.6 Å². The predicted octanol–water partition coefficient (Wildman–Crippen LogP) is 4.03. The highest BCUT2D eigenvalue weighted by Crippen LogP contribution is 2.21. The Morgan fingerprint density at radius 3 is 2.70 bits per heavy atom. The Morgan fingerprint density at radius 1 is 1.10 bits per heavy atom. The molecule has 2 aromatic carbocycles. The molecular formula is C16H11ClO3. The standard InChI is InChI=1S/C16H11ClO3/c17-14-10-20-15-8-12(6-7-13(15)16(14)18)19-9-11-4-2-1-3-5-11/h1-8,10H,9H2. The molecule has 0 saturated carbocycles. The quantitative estimate of drug-likeness (QED) is 0.730. The van der Waals surface area contributed by atoms with Crippen molar-refractivity contribution in [2.24, 2.45) is 0 Å².